The zero-order valence-electron chi connectivity index (χ0n) is 46.6. The van der Waals surface area contributed by atoms with Crippen LogP contribution in [-0.4, -0.2) is 9.55 Å². The zero-order valence-corrected chi connectivity index (χ0v) is 48.8. The molecule has 0 bridgehead atoms. The number of nitrogens with zero attached hydrogens (tertiary/aromatic N) is 4. The van der Waals surface area contributed by atoms with Gasteiger partial charge in [-0.1, -0.05) is 210 Å². The Morgan fingerprint density at radius 1 is 0.429 bits per heavy atom. The van der Waals surface area contributed by atoms with E-state index in [0.29, 0.717) is 11.5 Å². The first-order valence-electron chi connectivity index (χ1n) is 26.8. The van der Waals surface area contributed by atoms with E-state index in [0.717, 1.165) is 55.9 Å². The standard InChI is InChI=1S/C71H69N4O.Pt/c1-67(2,3)51-31-24-32-54(39-51)73-47-74(65-46-61(71(11,12)50-29-20-15-21-30-50)60(45-64(65)73)70(9,10)49-27-18-14-19-28-49)55-40-53(68(4,5)6)41-57(43-55)76-56-35-36-59-58-33-22-23-34-62(58)75(63(59)44-56)66-42-52(37-38-72-66)69(7,8)48-25-16-13-17-26-48;/h13-42,45-47H,1-12H3;/q-3;. The van der Waals surface area contributed by atoms with Crippen molar-refractivity contribution in [3.05, 3.63) is 258 Å². The van der Waals surface area contributed by atoms with E-state index in [1.165, 1.54) is 38.9 Å². The zero-order chi connectivity index (χ0) is 53.4. The van der Waals surface area contributed by atoms with Crippen molar-refractivity contribution >= 4 is 44.6 Å². The van der Waals surface area contributed by atoms with Gasteiger partial charge in [-0.2, -0.15) is 6.07 Å². The molecule has 0 atom stereocenters. The van der Waals surface area contributed by atoms with Gasteiger partial charge in [0.15, 0.2) is 0 Å². The number of hydrogen-bond acceptors (Lipinski definition) is 4. The Kier molecular flexibility index (Phi) is 13.8. The van der Waals surface area contributed by atoms with Crippen molar-refractivity contribution in [1.29, 1.82) is 0 Å². The van der Waals surface area contributed by atoms with Crippen molar-refractivity contribution in [2.45, 2.75) is 110 Å². The molecule has 1 aliphatic rings. The van der Waals surface area contributed by atoms with Crippen LogP contribution >= 0.6 is 0 Å². The molecule has 11 rings (SSSR count). The number of benzene rings is 8. The van der Waals surface area contributed by atoms with Gasteiger partial charge in [0.25, 0.3) is 0 Å². The van der Waals surface area contributed by atoms with E-state index < -0.39 is 0 Å². The summed E-state index contributed by atoms with van der Waals surface area (Å²) in [6, 6.07) is 75.6. The Morgan fingerprint density at radius 3 is 1.57 bits per heavy atom. The minimum atomic E-state index is -0.361. The molecule has 2 aromatic heterocycles. The molecule has 392 valence electrons. The average molecular weight is 1190 g/mol. The third kappa shape index (κ3) is 9.82. The van der Waals surface area contributed by atoms with Gasteiger partial charge in [0, 0.05) is 77.6 Å². The fourth-order valence-electron chi connectivity index (χ4n) is 11.2. The summed E-state index contributed by atoms with van der Waals surface area (Å²) in [5.74, 6) is 2.03. The molecule has 10 aromatic rings. The molecule has 0 N–H and O–H groups in total. The molecule has 6 heteroatoms. The fraction of sp³-hybridized carbons (Fsp3) is 0.239. The van der Waals surface area contributed by atoms with Crippen LogP contribution < -0.4 is 14.5 Å². The van der Waals surface area contributed by atoms with Crippen LogP contribution in [0.5, 0.6) is 11.5 Å². The Hall–Kier alpha value is -7.20. The molecule has 0 unspecified atom stereocenters. The van der Waals surface area contributed by atoms with Gasteiger partial charge < -0.3 is 19.1 Å². The van der Waals surface area contributed by atoms with E-state index in [1.54, 1.807) is 0 Å². The molecule has 0 spiro atoms. The first-order valence-corrected chi connectivity index (χ1v) is 26.8. The van der Waals surface area contributed by atoms with Crippen molar-refractivity contribution in [3.63, 3.8) is 0 Å². The minimum absolute atomic E-state index is 0. The molecule has 0 saturated heterocycles. The smallest absolute Gasteiger partial charge is 0.135 e. The van der Waals surface area contributed by atoms with Crippen LogP contribution in [-0.2, 0) is 48.1 Å². The minimum Gasteiger partial charge on any atom is -0.509 e. The van der Waals surface area contributed by atoms with Crippen LogP contribution in [0.15, 0.2) is 194 Å². The van der Waals surface area contributed by atoms with E-state index in [-0.39, 0.29) is 48.1 Å². The second kappa shape index (κ2) is 20.0. The molecule has 77 heavy (non-hydrogen) atoms. The van der Waals surface area contributed by atoms with Gasteiger partial charge in [-0.05, 0) is 97.6 Å². The fourth-order valence-corrected chi connectivity index (χ4v) is 11.2. The molecular weight excluding hydrogens is 1120 g/mol. The first-order chi connectivity index (χ1) is 36.2. The quantitative estimate of drug-likeness (QED) is 0.121. The van der Waals surface area contributed by atoms with Crippen molar-refractivity contribution < 1.29 is 25.8 Å². The summed E-state index contributed by atoms with van der Waals surface area (Å²) in [6.45, 7) is 29.9. The van der Waals surface area contributed by atoms with Gasteiger partial charge in [-0.3, -0.25) is 0 Å². The number of pyridine rings is 1. The van der Waals surface area contributed by atoms with Gasteiger partial charge >= 0.3 is 0 Å². The van der Waals surface area contributed by atoms with E-state index in [1.807, 2.05) is 12.3 Å². The molecule has 3 heterocycles. The predicted molar refractivity (Wildman–Crippen MR) is 317 cm³/mol. The normalized spacial score (nSPS) is 13.2. The van der Waals surface area contributed by atoms with Gasteiger partial charge in [-0.15, -0.1) is 53.6 Å². The summed E-state index contributed by atoms with van der Waals surface area (Å²) in [5, 5.41) is 2.21. The third-order valence-corrected chi connectivity index (χ3v) is 16.1. The summed E-state index contributed by atoms with van der Waals surface area (Å²) >= 11 is 0. The SMILES string of the molecule is CC(C)(C)c1cc(Oc2[c-]c3c(cc2)c2ccccc2n3-c2cc(C(C)(C)c3ccccc3)ccn2)[c-]c(N2[CH-]N(c3cccc(C(C)(C)C)c3)c3cc(C(C)(C)c4ccccc4)c(C(C)(C)c4ccccc4)cc32)c1.[Pt]. The van der Waals surface area contributed by atoms with Crippen molar-refractivity contribution in [2.75, 3.05) is 9.80 Å². The maximum Gasteiger partial charge on any atom is 0.135 e. The van der Waals surface area contributed by atoms with E-state index in [4.69, 9.17) is 9.72 Å². The number of para-hydroxylation sites is 1. The Labute approximate surface area is 471 Å². The molecule has 0 amide bonds. The maximum absolute atomic E-state index is 7.05. The van der Waals surface area contributed by atoms with Crippen LogP contribution in [0.4, 0.5) is 22.7 Å². The maximum atomic E-state index is 7.05. The molecule has 5 nitrogen and oxygen atoms in total. The number of fused-ring (bicyclic) bond motifs is 4. The molecule has 1 aliphatic heterocycles. The van der Waals surface area contributed by atoms with Crippen molar-refractivity contribution in [3.8, 4) is 17.3 Å². The van der Waals surface area contributed by atoms with Gasteiger partial charge in [0.2, 0.25) is 0 Å². The van der Waals surface area contributed by atoms with Crippen LogP contribution in [0, 0.1) is 18.8 Å². The number of hydrogen-bond donors (Lipinski definition) is 0. The van der Waals surface area contributed by atoms with Crippen LogP contribution in [0.2, 0.25) is 0 Å². The second-order valence-corrected chi connectivity index (χ2v) is 24.3. The molecule has 8 aromatic carbocycles. The number of anilines is 4. The Balaban J connectivity index is 0.00000672. The number of rotatable bonds is 11. The molecular formula is C71H69N4OPt-3. The van der Waals surface area contributed by atoms with Crippen LogP contribution in [0.25, 0.3) is 27.6 Å². The monoisotopic (exact) mass is 1190 g/mol. The largest absolute Gasteiger partial charge is 0.509 e. The van der Waals surface area contributed by atoms with Gasteiger partial charge in [0.05, 0.1) is 0 Å². The molecule has 0 aliphatic carbocycles. The molecule has 0 radical (unpaired) electrons. The Bertz CT molecular complexity index is 3770. The first kappa shape index (κ1) is 53.2. The van der Waals surface area contributed by atoms with E-state index >= 15 is 0 Å². The van der Waals surface area contributed by atoms with Crippen LogP contribution in [0.1, 0.15) is 128 Å². The molecule has 0 fully saturated rings. The van der Waals surface area contributed by atoms with Crippen molar-refractivity contribution in [1.82, 2.24) is 9.55 Å². The number of ether oxygens (including phenoxy) is 1. The topological polar surface area (TPSA) is 33.5 Å². The van der Waals surface area contributed by atoms with E-state index in [2.05, 4.69) is 298 Å². The summed E-state index contributed by atoms with van der Waals surface area (Å²) in [6.07, 6.45) is 1.93. The summed E-state index contributed by atoms with van der Waals surface area (Å²) in [7, 11) is 0. The summed E-state index contributed by atoms with van der Waals surface area (Å²) in [5.41, 5.74) is 14.8. The second-order valence-electron chi connectivity index (χ2n) is 24.3. The summed E-state index contributed by atoms with van der Waals surface area (Å²) < 4.78 is 9.27. The summed E-state index contributed by atoms with van der Waals surface area (Å²) in [4.78, 5) is 9.71. The van der Waals surface area contributed by atoms with Gasteiger partial charge in [0.1, 0.15) is 5.82 Å². The molecule has 0 saturated carbocycles. The van der Waals surface area contributed by atoms with Crippen molar-refractivity contribution in [2.24, 2.45) is 0 Å². The number of aromatic nitrogens is 2. The average Bonchev–Trinajstić information content (AvgIpc) is 3.98. The Morgan fingerprint density at radius 2 is 0.974 bits per heavy atom. The van der Waals surface area contributed by atoms with Gasteiger partial charge in [-0.25, -0.2) is 4.98 Å². The predicted octanol–water partition coefficient (Wildman–Crippen LogP) is 18.6. The third-order valence-electron chi connectivity index (χ3n) is 16.1. The van der Waals surface area contributed by atoms with Crippen LogP contribution in [0.3, 0.4) is 0 Å². The van der Waals surface area contributed by atoms with E-state index in [9.17, 15) is 0 Å².